The molecule has 3 rings (SSSR count). The van der Waals surface area contributed by atoms with E-state index in [-0.39, 0.29) is 26.7 Å². The highest BCUT2D eigenvalue weighted by Crippen LogP contribution is 2.33. The van der Waals surface area contributed by atoms with Gasteiger partial charge in [-0.2, -0.15) is 0 Å². The van der Waals surface area contributed by atoms with Gasteiger partial charge in [-0.15, -0.1) is 0 Å². The molecule has 0 N–H and O–H groups in total. The quantitative estimate of drug-likeness (QED) is 0.185. The van der Waals surface area contributed by atoms with Crippen molar-refractivity contribution in [2.75, 3.05) is 0 Å². The minimum Gasteiger partial charge on any atom is -0.307 e. The maximum atomic E-state index is 13.4. The average molecular weight is 623 g/mol. The van der Waals surface area contributed by atoms with Gasteiger partial charge in [-0.1, -0.05) is 154 Å². The van der Waals surface area contributed by atoms with E-state index in [1.54, 1.807) is 0 Å². The molecule has 0 radical (unpaired) electrons. The number of hydrogen-bond acceptors (Lipinski definition) is 3. The molecule has 1 aliphatic carbocycles. The van der Waals surface area contributed by atoms with Crippen molar-refractivity contribution in [3.05, 3.63) is 84.0 Å². The summed E-state index contributed by atoms with van der Waals surface area (Å²) in [5.41, 5.74) is 3.89. The Kier molecular flexibility index (Phi) is 32.1. The molecular formula is C42H70O3. The predicted molar refractivity (Wildman–Crippen MR) is 203 cm³/mol. The van der Waals surface area contributed by atoms with E-state index >= 15 is 0 Å². The highest BCUT2D eigenvalue weighted by atomic mass is 16.1. The molecule has 256 valence electrons. The van der Waals surface area contributed by atoms with E-state index in [0.717, 1.165) is 50.4 Å². The topological polar surface area (TPSA) is 51.2 Å². The number of carbonyl (C=O) groups is 3. The predicted octanol–water partition coefficient (Wildman–Crippen LogP) is 12.6. The summed E-state index contributed by atoms with van der Waals surface area (Å²) in [4.78, 5) is 30.2. The van der Waals surface area contributed by atoms with Crippen molar-refractivity contribution >= 4 is 29.6 Å². The fourth-order valence-electron chi connectivity index (χ4n) is 5.22. The second-order valence-electron chi connectivity index (χ2n) is 12.2. The first kappa shape index (κ1) is 48.8. The molecule has 1 atom stereocenters. The number of aryl methyl sites for hydroxylation is 1. The molecule has 0 spiro atoms. The Morgan fingerprint density at radius 3 is 1.76 bits per heavy atom. The molecule has 3 nitrogen and oxygen atoms in total. The van der Waals surface area contributed by atoms with Gasteiger partial charge in [-0.3, -0.25) is 4.79 Å². The monoisotopic (exact) mass is 623 g/mol. The van der Waals surface area contributed by atoms with Gasteiger partial charge in [0.05, 0.1) is 0 Å². The van der Waals surface area contributed by atoms with E-state index in [4.69, 9.17) is 9.59 Å². The highest BCUT2D eigenvalue weighted by molar-refractivity contribution is 5.86. The SMILES string of the molecule is C.C.C=C(CC1=CCC=CC1)[C@@H](CC(C)C)C(=O)C(CC(C)C)CC(C)C.C=O.CC.CC=O.Cc1ccc2ccccc2c1. The van der Waals surface area contributed by atoms with Gasteiger partial charge >= 0.3 is 0 Å². The number of hydrogen-bond donors (Lipinski definition) is 0. The Bertz CT molecular complexity index is 1090. The number of fused-ring (bicyclic) bond motifs is 1. The number of rotatable bonds is 11. The van der Waals surface area contributed by atoms with E-state index in [2.05, 4.69) is 116 Å². The largest absolute Gasteiger partial charge is 0.307 e. The first-order valence-corrected chi connectivity index (χ1v) is 16.2. The molecule has 2 aromatic carbocycles. The van der Waals surface area contributed by atoms with Crippen molar-refractivity contribution in [2.45, 2.75) is 123 Å². The lowest BCUT2D eigenvalue weighted by Crippen LogP contribution is -2.28. The number of carbonyl (C=O) groups excluding carboxylic acids is 3. The van der Waals surface area contributed by atoms with Crippen LogP contribution >= 0.6 is 0 Å². The summed E-state index contributed by atoms with van der Waals surface area (Å²) >= 11 is 0. The van der Waals surface area contributed by atoms with Gasteiger partial charge in [0, 0.05) is 11.8 Å². The summed E-state index contributed by atoms with van der Waals surface area (Å²) in [6.07, 6.45) is 13.4. The number of ketones is 1. The van der Waals surface area contributed by atoms with Crippen molar-refractivity contribution < 1.29 is 14.4 Å². The lowest BCUT2D eigenvalue weighted by Gasteiger charge is -2.28. The van der Waals surface area contributed by atoms with Crippen LogP contribution in [0.4, 0.5) is 0 Å². The molecule has 0 amide bonds. The van der Waals surface area contributed by atoms with Crippen LogP contribution in [-0.4, -0.2) is 18.9 Å². The Morgan fingerprint density at radius 1 is 0.822 bits per heavy atom. The first-order chi connectivity index (χ1) is 20.5. The molecule has 2 aromatic rings. The normalized spacial score (nSPS) is 11.9. The van der Waals surface area contributed by atoms with Crippen LogP contribution in [-0.2, 0) is 14.4 Å². The summed E-state index contributed by atoms with van der Waals surface area (Å²) in [5, 5.41) is 2.64. The molecule has 0 fully saturated rings. The van der Waals surface area contributed by atoms with Crippen molar-refractivity contribution in [1.82, 2.24) is 0 Å². The first-order valence-electron chi connectivity index (χ1n) is 16.2. The zero-order valence-electron chi connectivity index (χ0n) is 29.1. The third kappa shape index (κ3) is 22.1. The fourth-order valence-corrected chi connectivity index (χ4v) is 5.22. The molecule has 0 bridgehead atoms. The number of benzene rings is 2. The van der Waals surface area contributed by atoms with Crippen LogP contribution in [0.25, 0.3) is 10.8 Å². The highest BCUT2D eigenvalue weighted by Gasteiger charge is 2.30. The lowest BCUT2D eigenvalue weighted by atomic mass is 9.75. The average Bonchev–Trinajstić information content (AvgIpc) is 2.98. The lowest BCUT2D eigenvalue weighted by molar-refractivity contribution is -0.127. The zero-order valence-corrected chi connectivity index (χ0v) is 29.1. The van der Waals surface area contributed by atoms with E-state index < -0.39 is 0 Å². The van der Waals surface area contributed by atoms with Gasteiger partial charge in [0.15, 0.2) is 0 Å². The van der Waals surface area contributed by atoms with Crippen LogP contribution in [0.1, 0.15) is 121 Å². The molecular weight excluding hydrogens is 552 g/mol. The Labute approximate surface area is 279 Å². The molecule has 0 saturated carbocycles. The number of Topliss-reactive ketones (excluding diaryl/α,β-unsaturated/α-hetero) is 1. The van der Waals surface area contributed by atoms with Gasteiger partial charge < -0.3 is 9.59 Å². The second kappa shape index (κ2) is 29.6. The maximum Gasteiger partial charge on any atom is 0.143 e. The summed E-state index contributed by atoms with van der Waals surface area (Å²) < 4.78 is 0. The van der Waals surface area contributed by atoms with E-state index in [1.807, 2.05) is 20.6 Å². The van der Waals surface area contributed by atoms with Crippen LogP contribution < -0.4 is 0 Å². The zero-order chi connectivity index (χ0) is 33.4. The van der Waals surface area contributed by atoms with Crippen molar-refractivity contribution in [3.63, 3.8) is 0 Å². The van der Waals surface area contributed by atoms with E-state index in [1.165, 1.54) is 28.8 Å². The molecule has 0 heterocycles. The smallest absolute Gasteiger partial charge is 0.143 e. The van der Waals surface area contributed by atoms with Crippen LogP contribution in [0.5, 0.6) is 0 Å². The standard InChI is InChI=1S/C24H40O.C11H10.C2H4O.C2H6.CH2O.2CH4/c1-17(2)13-22(14-18(3)4)24(25)23(15-19(5)6)20(7)16-21-11-9-8-10-12-21;1-9-6-7-10-4-2-3-5-11(10)8-9;1-2-3;2*1-2;;/h8-9,12,17-19,22-23H,7,10-11,13-16H2,1-6H3;2-8H,1H3;2H,1H3;1-2H3;1H2;2*1H4/t23-;;;;;;/m1....../s1. The molecule has 0 saturated heterocycles. The fraction of sp³-hybridized carbons (Fsp3) is 0.548. The third-order valence-corrected chi connectivity index (χ3v) is 6.91. The van der Waals surface area contributed by atoms with E-state index in [0.29, 0.717) is 23.5 Å². The Morgan fingerprint density at radius 2 is 1.31 bits per heavy atom. The van der Waals surface area contributed by atoms with Gasteiger partial charge in [-0.25, -0.2) is 0 Å². The molecule has 1 aliphatic rings. The van der Waals surface area contributed by atoms with Crippen molar-refractivity contribution in [2.24, 2.45) is 29.6 Å². The summed E-state index contributed by atoms with van der Waals surface area (Å²) in [5.74, 6) is 2.30. The second-order valence-corrected chi connectivity index (χ2v) is 12.2. The van der Waals surface area contributed by atoms with Gasteiger partial charge in [0.25, 0.3) is 0 Å². The molecule has 0 aromatic heterocycles. The van der Waals surface area contributed by atoms with Crippen molar-refractivity contribution in [1.29, 1.82) is 0 Å². The minimum absolute atomic E-state index is 0. The molecule has 0 aliphatic heterocycles. The van der Waals surface area contributed by atoms with Gasteiger partial charge in [0.2, 0.25) is 0 Å². The van der Waals surface area contributed by atoms with Gasteiger partial charge in [0.1, 0.15) is 18.9 Å². The van der Waals surface area contributed by atoms with Crippen LogP contribution in [0.2, 0.25) is 0 Å². The molecule has 3 heteroatoms. The number of allylic oxidation sites excluding steroid dienone is 5. The Hall–Kier alpha value is -3.07. The minimum atomic E-state index is 0. The Balaban J connectivity index is -0.000000348. The maximum absolute atomic E-state index is 13.4. The summed E-state index contributed by atoms with van der Waals surface area (Å²) in [7, 11) is 0. The van der Waals surface area contributed by atoms with Gasteiger partial charge in [-0.05, 0) is 80.9 Å². The van der Waals surface area contributed by atoms with Crippen molar-refractivity contribution in [3.8, 4) is 0 Å². The van der Waals surface area contributed by atoms with E-state index in [9.17, 15) is 4.79 Å². The summed E-state index contributed by atoms with van der Waals surface area (Å²) in [6, 6.07) is 14.9. The molecule has 45 heavy (non-hydrogen) atoms. The van der Waals surface area contributed by atoms with Crippen LogP contribution in [0.15, 0.2) is 78.4 Å². The van der Waals surface area contributed by atoms with Crippen LogP contribution in [0, 0.1) is 36.5 Å². The molecule has 0 unspecified atom stereocenters. The summed E-state index contributed by atoms with van der Waals surface area (Å²) in [6.45, 7) is 27.3. The third-order valence-electron chi connectivity index (χ3n) is 6.91. The number of aldehydes is 1. The van der Waals surface area contributed by atoms with Crippen LogP contribution in [0.3, 0.4) is 0 Å².